The highest BCUT2D eigenvalue weighted by molar-refractivity contribution is 6.01. The Morgan fingerprint density at radius 2 is 1.96 bits per heavy atom. The van der Waals surface area contributed by atoms with Crippen LogP contribution in [0.5, 0.6) is 0 Å². The molecule has 2 aromatic rings. The fourth-order valence-electron chi connectivity index (χ4n) is 3.47. The lowest BCUT2D eigenvalue weighted by Crippen LogP contribution is -2.49. The predicted molar refractivity (Wildman–Crippen MR) is 94.2 cm³/mol. The Balaban J connectivity index is 1.81. The average molecular weight is 314 g/mol. The zero-order valence-corrected chi connectivity index (χ0v) is 14.5. The van der Waals surface area contributed by atoms with Crippen molar-refractivity contribution >= 4 is 22.9 Å². The molecule has 3 rings (SSSR count). The van der Waals surface area contributed by atoms with E-state index in [4.69, 9.17) is 0 Å². The number of aromatic nitrogens is 2. The first-order chi connectivity index (χ1) is 10.9. The summed E-state index contributed by atoms with van der Waals surface area (Å²) in [6.07, 6.45) is 5.17. The van der Waals surface area contributed by atoms with Crippen molar-refractivity contribution in [1.29, 1.82) is 0 Å². The number of piperidine rings is 1. The summed E-state index contributed by atoms with van der Waals surface area (Å²) in [6.45, 7) is 8.71. The van der Waals surface area contributed by atoms with E-state index < -0.39 is 0 Å². The second kappa shape index (κ2) is 5.96. The first-order valence-electron chi connectivity index (χ1n) is 8.31. The third kappa shape index (κ3) is 3.39. The molecular weight excluding hydrogens is 288 g/mol. The first-order valence-corrected chi connectivity index (χ1v) is 8.31. The van der Waals surface area contributed by atoms with E-state index in [2.05, 4.69) is 42.2 Å². The fourth-order valence-corrected chi connectivity index (χ4v) is 3.47. The van der Waals surface area contributed by atoms with Gasteiger partial charge >= 0.3 is 0 Å². The molecule has 124 valence electrons. The Kier molecular flexibility index (Phi) is 4.15. The number of rotatable bonds is 3. The lowest BCUT2D eigenvalue weighted by Gasteiger charge is -2.37. The monoisotopic (exact) mass is 314 g/mol. The quantitative estimate of drug-likeness (QED) is 0.885. The number of benzene rings is 1. The van der Waals surface area contributed by atoms with Crippen LogP contribution in [0.2, 0.25) is 0 Å². The van der Waals surface area contributed by atoms with Crippen LogP contribution in [0.4, 0.5) is 5.69 Å². The average Bonchev–Trinajstić information content (AvgIpc) is 2.87. The summed E-state index contributed by atoms with van der Waals surface area (Å²) in [5, 5.41) is 9.22. The highest BCUT2D eigenvalue weighted by atomic mass is 16.1. The van der Waals surface area contributed by atoms with Crippen LogP contribution in [-0.2, 0) is 7.05 Å². The maximum atomic E-state index is 11.2. The number of hydrogen-bond donors (Lipinski definition) is 1. The molecule has 5 nitrogen and oxygen atoms in total. The molecule has 1 aliphatic rings. The molecular formula is C18H26N4O. The maximum Gasteiger partial charge on any atom is 0.152 e. The number of carbonyl (C=O) groups is 1. The predicted octanol–water partition coefficient (Wildman–Crippen LogP) is 2.74. The molecule has 0 aliphatic carbocycles. The van der Waals surface area contributed by atoms with Gasteiger partial charge in [0.05, 0.1) is 0 Å². The molecule has 0 atom stereocenters. The van der Waals surface area contributed by atoms with E-state index in [-0.39, 0.29) is 5.54 Å². The molecule has 0 amide bonds. The van der Waals surface area contributed by atoms with Crippen LogP contribution in [0.15, 0.2) is 18.3 Å². The molecule has 0 saturated carbocycles. The molecule has 1 fully saturated rings. The van der Waals surface area contributed by atoms with E-state index in [1.807, 2.05) is 19.3 Å². The number of fused-ring (bicyclic) bond motifs is 1. The van der Waals surface area contributed by atoms with E-state index in [1.54, 1.807) is 4.68 Å². The van der Waals surface area contributed by atoms with E-state index in [0.717, 1.165) is 43.1 Å². The Morgan fingerprint density at radius 1 is 1.26 bits per heavy atom. The summed E-state index contributed by atoms with van der Waals surface area (Å²) in [5.41, 5.74) is 2.81. The van der Waals surface area contributed by atoms with Crippen molar-refractivity contribution in [2.24, 2.45) is 7.05 Å². The highest BCUT2D eigenvalue weighted by Crippen LogP contribution is 2.30. The molecule has 1 aliphatic heterocycles. The van der Waals surface area contributed by atoms with Crippen molar-refractivity contribution in [3.63, 3.8) is 0 Å². The first kappa shape index (κ1) is 16.0. The van der Waals surface area contributed by atoms with Crippen LogP contribution in [0, 0.1) is 0 Å². The smallest absolute Gasteiger partial charge is 0.152 e. The van der Waals surface area contributed by atoms with Gasteiger partial charge in [0.25, 0.3) is 0 Å². The fraction of sp³-hybridized carbons (Fsp3) is 0.556. The third-order valence-corrected chi connectivity index (χ3v) is 4.40. The minimum atomic E-state index is 0.162. The van der Waals surface area contributed by atoms with Gasteiger partial charge in [0.1, 0.15) is 5.52 Å². The van der Waals surface area contributed by atoms with Gasteiger partial charge < -0.3 is 10.2 Å². The van der Waals surface area contributed by atoms with Crippen molar-refractivity contribution in [3.05, 3.63) is 23.9 Å². The Labute approximate surface area is 137 Å². The minimum Gasteiger partial charge on any atom is -0.371 e. The molecule has 0 radical (unpaired) electrons. The molecule has 0 unspecified atom stereocenters. The van der Waals surface area contributed by atoms with E-state index in [9.17, 15) is 4.79 Å². The Morgan fingerprint density at radius 3 is 2.57 bits per heavy atom. The largest absolute Gasteiger partial charge is 0.371 e. The van der Waals surface area contributed by atoms with Gasteiger partial charge in [-0.3, -0.25) is 9.48 Å². The summed E-state index contributed by atoms with van der Waals surface area (Å²) in [4.78, 5) is 13.6. The van der Waals surface area contributed by atoms with Crippen LogP contribution in [0.1, 0.15) is 44.0 Å². The topological polar surface area (TPSA) is 50.2 Å². The number of anilines is 1. The summed E-state index contributed by atoms with van der Waals surface area (Å²) in [6, 6.07) is 4.52. The van der Waals surface area contributed by atoms with Crippen LogP contribution < -0.4 is 10.2 Å². The number of hydrogen-bond acceptors (Lipinski definition) is 4. The van der Waals surface area contributed by atoms with Crippen molar-refractivity contribution in [1.82, 2.24) is 15.1 Å². The molecule has 0 spiro atoms. The van der Waals surface area contributed by atoms with Gasteiger partial charge in [0.15, 0.2) is 6.29 Å². The maximum absolute atomic E-state index is 11.2. The molecule has 0 bridgehead atoms. The number of aldehydes is 1. The molecule has 1 aromatic heterocycles. The molecule has 1 N–H and O–H groups in total. The highest BCUT2D eigenvalue weighted by Gasteiger charge is 2.24. The Hall–Kier alpha value is -1.88. The molecule has 5 heteroatoms. The van der Waals surface area contributed by atoms with Crippen LogP contribution >= 0.6 is 0 Å². The van der Waals surface area contributed by atoms with Crippen molar-refractivity contribution in [2.45, 2.75) is 45.2 Å². The van der Waals surface area contributed by atoms with Gasteiger partial charge in [0.2, 0.25) is 0 Å². The van der Waals surface area contributed by atoms with Crippen LogP contribution in [-0.4, -0.2) is 40.7 Å². The molecule has 2 heterocycles. The van der Waals surface area contributed by atoms with E-state index >= 15 is 0 Å². The van der Waals surface area contributed by atoms with Crippen molar-refractivity contribution in [3.8, 4) is 0 Å². The third-order valence-electron chi connectivity index (χ3n) is 4.40. The number of nitrogens with zero attached hydrogens (tertiary/aromatic N) is 3. The SMILES string of the molecule is Cn1cc2c(N3CCC(NC(C)(C)C)CC3)ccc(C=O)c2n1. The standard InChI is InChI=1S/C18H26N4O/c1-18(2,3)19-14-7-9-22(10-8-14)16-6-5-13(12-23)17-15(16)11-21(4)20-17/h5-6,11-12,14,19H,7-10H2,1-4H3. The number of carbonyl (C=O) groups excluding carboxylic acids is 1. The second-order valence-electron chi connectivity index (χ2n) is 7.51. The summed E-state index contributed by atoms with van der Waals surface area (Å²) < 4.78 is 1.79. The number of aryl methyl sites for hydroxylation is 1. The summed E-state index contributed by atoms with van der Waals surface area (Å²) in [5.74, 6) is 0. The van der Waals surface area contributed by atoms with Crippen LogP contribution in [0.25, 0.3) is 10.9 Å². The van der Waals surface area contributed by atoms with Gasteiger partial charge in [-0.05, 0) is 45.7 Å². The van der Waals surface area contributed by atoms with E-state index in [0.29, 0.717) is 11.6 Å². The van der Waals surface area contributed by atoms with Gasteiger partial charge in [-0.25, -0.2) is 0 Å². The lowest BCUT2D eigenvalue weighted by molar-refractivity contribution is 0.112. The number of nitrogens with one attached hydrogen (secondary N) is 1. The normalized spacial score (nSPS) is 17.0. The van der Waals surface area contributed by atoms with Gasteiger partial charge in [-0.1, -0.05) is 0 Å². The van der Waals surface area contributed by atoms with Crippen molar-refractivity contribution in [2.75, 3.05) is 18.0 Å². The Bertz CT molecular complexity index is 706. The van der Waals surface area contributed by atoms with E-state index in [1.165, 1.54) is 5.69 Å². The lowest BCUT2D eigenvalue weighted by atomic mass is 9.99. The minimum absolute atomic E-state index is 0.162. The zero-order chi connectivity index (χ0) is 16.6. The molecule has 1 aromatic carbocycles. The van der Waals surface area contributed by atoms with Crippen LogP contribution in [0.3, 0.4) is 0 Å². The molecule has 1 saturated heterocycles. The van der Waals surface area contributed by atoms with Gasteiger partial charge in [0, 0.05) is 54.6 Å². The summed E-state index contributed by atoms with van der Waals surface area (Å²) >= 11 is 0. The van der Waals surface area contributed by atoms with Gasteiger partial charge in [-0.2, -0.15) is 5.10 Å². The zero-order valence-electron chi connectivity index (χ0n) is 14.5. The summed E-state index contributed by atoms with van der Waals surface area (Å²) in [7, 11) is 1.90. The second-order valence-corrected chi connectivity index (χ2v) is 7.51. The van der Waals surface area contributed by atoms with Crippen molar-refractivity contribution < 1.29 is 4.79 Å². The van der Waals surface area contributed by atoms with Gasteiger partial charge in [-0.15, -0.1) is 0 Å². The molecule has 23 heavy (non-hydrogen) atoms.